The summed E-state index contributed by atoms with van der Waals surface area (Å²) in [5.74, 6) is 0.480. The molecule has 29 heavy (non-hydrogen) atoms. The molecule has 0 radical (unpaired) electrons. The molecule has 6 heteroatoms. The van der Waals surface area contributed by atoms with Crippen molar-refractivity contribution in [2.45, 2.75) is 18.8 Å². The minimum atomic E-state index is 0.0562. The van der Waals surface area contributed by atoms with Crippen LogP contribution in [0.2, 0.25) is 0 Å². The lowest BCUT2D eigenvalue weighted by atomic mass is 9.99. The summed E-state index contributed by atoms with van der Waals surface area (Å²) >= 11 is 0. The predicted octanol–water partition coefficient (Wildman–Crippen LogP) is 3.52. The number of Topliss-reactive ketones (excluding diaryl/α,β-unsaturated/α-hetero) is 1. The van der Waals surface area contributed by atoms with E-state index in [0.717, 1.165) is 53.1 Å². The Morgan fingerprint density at radius 1 is 1.14 bits per heavy atom. The Kier molecular flexibility index (Phi) is 4.62. The predicted molar refractivity (Wildman–Crippen MR) is 112 cm³/mol. The van der Waals surface area contributed by atoms with Crippen LogP contribution < -0.4 is 5.32 Å². The molecule has 0 bridgehead atoms. The standard InChI is InChI=1S/C23H21N5O/c29-21(12-19-3-1-2-9-25-19)15-4-6-16(7-5-15)22-23-18(14-26-28-23)11-20(27-22)17-8-10-24-13-17/h1-7,9,11,14,17,24H,8,10,12-13H2,(H,26,28). The van der Waals surface area contributed by atoms with Gasteiger partial charge in [0.15, 0.2) is 5.78 Å². The van der Waals surface area contributed by atoms with Crippen LogP contribution in [0, 0.1) is 0 Å². The zero-order valence-electron chi connectivity index (χ0n) is 15.9. The van der Waals surface area contributed by atoms with Crippen LogP contribution in [0.3, 0.4) is 0 Å². The number of carbonyl (C=O) groups excluding carboxylic acids is 1. The van der Waals surface area contributed by atoms with Gasteiger partial charge >= 0.3 is 0 Å². The molecule has 4 heterocycles. The summed E-state index contributed by atoms with van der Waals surface area (Å²) in [5, 5.41) is 11.7. The highest BCUT2D eigenvalue weighted by atomic mass is 16.1. The number of ketones is 1. The maximum absolute atomic E-state index is 12.6. The number of aromatic amines is 1. The van der Waals surface area contributed by atoms with E-state index >= 15 is 0 Å². The molecule has 3 aromatic heterocycles. The van der Waals surface area contributed by atoms with Crippen LogP contribution in [0.25, 0.3) is 22.2 Å². The molecule has 1 aromatic carbocycles. The first kappa shape index (κ1) is 17.7. The fourth-order valence-corrected chi connectivity index (χ4v) is 3.88. The van der Waals surface area contributed by atoms with Crippen molar-refractivity contribution in [2.75, 3.05) is 13.1 Å². The number of aromatic nitrogens is 4. The summed E-state index contributed by atoms with van der Waals surface area (Å²) in [6, 6.07) is 15.4. The van der Waals surface area contributed by atoms with Crippen molar-refractivity contribution in [1.82, 2.24) is 25.5 Å². The molecular weight excluding hydrogens is 362 g/mol. The molecule has 4 aromatic rings. The minimum absolute atomic E-state index is 0.0562. The van der Waals surface area contributed by atoms with Gasteiger partial charge in [0.05, 0.1) is 23.8 Å². The maximum Gasteiger partial charge on any atom is 0.168 e. The number of fused-ring (bicyclic) bond motifs is 1. The van der Waals surface area contributed by atoms with Crippen LogP contribution in [0.1, 0.15) is 34.1 Å². The Morgan fingerprint density at radius 2 is 2.03 bits per heavy atom. The Morgan fingerprint density at radius 3 is 2.79 bits per heavy atom. The van der Waals surface area contributed by atoms with Crippen LogP contribution in [0.4, 0.5) is 0 Å². The Balaban J connectivity index is 1.46. The van der Waals surface area contributed by atoms with Gasteiger partial charge in [-0.1, -0.05) is 30.3 Å². The number of benzene rings is 1. The van der Waals surface area contributed by atoms with Crippen molar-refractivity contribution < 1.29 is 4.79 Å². The molecule has 0 aliphatic carbocycles. The SMILES string of the molecule is O=C(Cc1ccccn1)c1ccc(-c2nc(C3CCNC3)cc3cn[nH]c23)cc1. The number of hydrogen-bond donors (Lipinski definition) is 2. The summed E-state index contributed by atoms with van der Waals surface area (Å²) < 4.78 is 0. The van der Waals surface area contributed by atoms with E-state index in [1.54, 1.807) is 6.20 Å². The van der Waals surface area contributed by atoms with Crippen molar-refractivity contribution in [3.05, 3.63) is 77.9 Å². The second-order valence-electron chi connectivity index (χ2n) is 7.42. The first-order chi connectivity index (χ1) is 14.3. The highest BCUT2D eigenvalue weighted by Gasteiger charge is 2.20. The first-order valence-corrected chi connectivity index (χ1v) is 9.86. The summed E-state index contributed by atoms with van der Waals surface area (Å²) in [4.78, 5) is 21.8. The monoisotopic (exact) mass is 383 g/mol. The van der Waals surface area contributed by atoms with Gasteiger partial charge in [0.25, 0.3) is 0 Å². The molecule has 0 amide bonds. The molecular formula is C23H21N5O. The lowest BCUT2D eigenvalue weighted by Gasteiger charge is -2.11. The van der Waals surface area contributed by atoms with Gasteiger partial charge < -0.3 is 5.32 Å². The van der Waals surface area contributed by atoms with Gasteiger partial charge in [-0.3, -0.25) is 19.9 Å². The fraction of sp³-hybridized carbons (Fsp3) is 0.217. The molecule has 0 spiro atoms. The zero-order valence-corrected chi connectivity index (χ0v) is 15.9. The van der Waals surface area contributed by atoms with E-state index in [-0.39, 0.29) is 5.78 Å². The topological polar surface area (TPSA) is 83.6 Å². The molecule has 2 N–H and O–H groups in total. The van der Waals surface area contributed by atoms with Crippen LogP contribution in [0.5, 0.6) is 0 Å². The molecule has 5 rings (SSSR count). The van der Waals surface area contributed by atoms with Crippen molar-refractivity contribution >= 4 is 16.7 Å². The van der Waals surface area contributed by atoms with E-state index in [1.807, 2.05) is 48.7 Å². The second kappa shape index (κ2) is 7.56. The maximum atomic E-state index is 12.6. The Hall–Kier alpha value is -3.38. The zero-order chi connectivity index (χ0) is 19.6. The second-order valence-corrected chi connectivity index (χ2v) is 7.42. The van der Waals surface area contributed by atoms with Gasteiger partial charge in [0.1, 0.15) is 0 Å². The first-order valence-electron chi connectivity index (χ1n) is 9.86. The summed E-state index contributed by atoms with van der Waals surface area (Å²) in [7, 11) is 0. The van der Waals surface area contributed by atoms with E-state index in [0.29, 0.717) is 17.9 Å². The lowest BCUT2D eigenvalue weighted by Crippen LogP contribution is -2.09. The fourth-order valence-electron chi connectivity index (χ4n) is 3.88. The van der Waals surface area contributed by atoms with Gasteiger partial charge in [0.2, 0.25) is 0 Å². The number of pyridine rings is 2. The van der Waals surface area contributed by atoms with Crippen molar-refractivity contribution in [3.8, 4) is 11.3 Å². The highest BCUT2D eigenvalue weighted by molar-refractivity contribution is 5.98. The number of carbonyl (C=O) groups is 1. The third-order valence-corrected chi connectivity index (χ3v) is 5.48. The number of rotatable bonds is 5. The average Bonchev–Trinajstić information content (AvgIpc) is 3.46. The van der Waals surface area contributed by atoms with Crippen LogP contribution in [0.15, 0.2) is 60.9 Å². The third-order valence-electron chi connectivity index (χ3n) is 5.48. The van der Waals surface area contributed by atoms with Gasteiger partial charge in [-0.25, -0.2) is 0 Å². The number of hydrogen-bond acceptors (Lipinski definition) is 5. The molecule has 1 aliphatic heterocycles. The van der Waals surface area contributed by atoms with Crippen LogP contribution >= 0.6 is 0 Å². The van der Waals surface area contributed by atoms with Gasteiger partial charge in [-0.05, 0) is 31.2 Å². The molecule has 1 aliphatic rings. The van der Waals surface area contributed by atoms with E-state index in [9.17, 15) is 4.79 Å². The normalized spacial score (nSPS) is 16.3. The number of nitrogens with one attached hydrogen (secondary N) is 2. The number of H-pyrrole nitrogens is 1. The summed E-state index contributed by atoms with van der Waals surface area (Å²) in [6.07, 6.45) is 4.95. The van der Waals surface area contributed by atoms with Crippen LogP contribution in [-0.4, -0.2) is 39.0 Å². The molecule has 144 valence electrons. The van der Waals surface area contributed by atoms with Crippen molar-refractivity contribution in [2.24, 2.45) is 0 Å². The number of nitrogens with zero attached hydrogens (tertiary/aromatic N) is 3. The summed E-state index contributed by atoms with van der Waals surface area (Å²) in [5.41, 5.74) is 5.32. The van der Waals surface area contributed by atoms with Gasteiger partial charge in [-0.2, -0.15) is 5.10 Å². The molecule has 0 saturated carbocycles. The van der Waals surface area contributed by atoms with Gasteiger partial charge in [-0.15, -0.1) is 0 Å². The molecule has 6 nitrogen and oxygen atoms in total. The van der Waals surface area contributed by atoms with Crippen molar-refractivity contribution in [3.63, 3.8) is 0 Å². The highest BCUT2D eigenvalue weighted by Crippen LogP contribution is 2.30. The minimum Gasteiger partial charge on any atom is -0.316 e. The molecule has 1 saturated heterocycles. The van der Waals surface area contributed by atoms with E-state index in [2.05, 4.69) is 26.6 Å². The molecule has 1 atom stereocenters. The smallest absolute Gasteiger partial charge is 0.168 e. The van der Waals surface area contributed by atoms with Crippen molar-refractivity contribution in [1.29, 1.82) is 0 Å². The largest absolute Gasteiger partial charge is 0.316 e. The quantitative estimate of drug-likeness (QED) is 0.515. The lowest BCUT2D eigenvalue weighted by molar-refractivity contribution is 0.0992. The third kappa shape index (κ3) is 3.54. The Bertz CT molecular complexity index is 1150. The van der Waals surface area contributed by atoms with E-state index in [1.165, 1.54) is 0 Å². The van der Waals surface area contributed by atoms with Gasteiger partial charge in [0, 0.05) is 46.6 Å². The summed E-state index contributed by atoms with van der Waals surface area (Å²) in [6.45, 7) is 1.98. The van der Waals surface area contributed by atoms with E-state index < -0.39 is 0 Å². The molecule has 1 fully saturated rings. The van der Waals surface area contributed by atoms with Crippen LogP contribution in [-0.2, 0) is 6.42 Å². The Labute approximate surface area is 168 Å². The van der Waals surface area contributed by atoms with E-state index in [4.69, 9.17) is 4.98 Å². The molecule has 1 unspecified atom stereocenters. The average molecular weight is 383 g/mol.